The Morgan fingerprint density at radius 2 is 1.97 bits per heavy atom. The molecule has 37 heavy (non-hydrogen) atoms. The minimum atomic E-state index is 0. The highest BCUT2D eigenvalue weighted by molar-refractivity contribution is 5.86. The number of ether oxygens (including phenoxy) is 1. The van der Waals surface area contributed by atoms with Crippen LogP contribution in [0.15, 0.2) is 54.7 Å². The third-order valence-electron chi connectivity index (χ3n) is 7.74. The number of amides is 1. The van der Waals surface area contributed by atoms with Crippen LogP contribution < -0.4 is 15.4 Å². The summed E-state index contributed by atoms with van der Waals surface area (Å²) in [5, 5.41) is 8.07. The molecule has 3 atom stereocenters. The quantitative estimate of drug-likeness (QED) is 0.336. The SMILES string of the molecule is COc1ccc2[nH]cc(CCNC(=O)CCC[C@H]3NCC4CC3CN(Cc3ccccc3)C4)c2c1.Cl.Cl. The highest BCUT2D eigenvalue weighted by Gasteiger charge is 2.36. The van der Waals surface area contributed by atoms with Crippen molar-refractivity contribution in [2.24, 2.45) is 11.8 Å². The number of piperidine rings is 2. The summed E-state index contributed by atoms with van der Waals surface area (Å²) in [5.41, 5.74) is 3.71. The Morgan fingerprint density at radius 3 is 2.78 bits per heavy atom. The first-order valence-corrected chi connectivity index (χ1v) is 13.1. The summed E-state index contributed by atoms with van der Waals surface area (Å²) in [7, 11) is 1.68. The number of hydrogen-bond acceptors (Lipinski definition) is 4. The molecule has 0 radical (unpaired) electrons. The van der Waals surface area contributed by atoms with Crippen LogP contribution in [0.2, 0.25) is 0 Å². The summed E-state index contributed by atoms with van der Waals surface area (Å²) < 4.78 is 5.35. The summed E-state index contributed by atoms with van der Waals surface area (Å²) in [6, 6.07) is 17.4. The van der Waals surface area contributed by atoms with Gasteiger partial charge in [-0.3, -0.25) is 9.69 Å². The number of halogens is 2. The highest BCUT2D eigenvalue weighted by Crippen LogP contribution is 2.31. The molecule has 2 fully saturated rings. The molecule has 1 amide bonds. The zero-order chi connectivity index (χ0) is 24.0. The molecule has 0 spiro atoms. The topological polar surface area (TPSA) is 69.4 Å². The summed E-state index contributed by atoms with van der Waals surface area (Å²) in [4.78, 5) is 18.4. The third kappa shape index (κ3) is 7.64. The monoisotopic (exact) mass is 546 g/mol. The van der Waals surface area contributed by atoms with Gasteiger partial charge in [0.05, 0.1) is 7.11 Å². The number of fused-ring (bicyclic) bond motifs is 3. The number of H-pyrrole nitrogens is 1. The second-order valence-corrected chi connectivity index (χ2v) is 10.3. The van der Waals surface area contributed by atoms with Gasteiger partial charge in [-0.15, -0.1) is 24.8 Å². The smallest absolute Gasteiger partial charge is 0.220 e. The van der Waals surface area contributed by atoms with Crippen molar-refractivity contribution in [3.05, 3.63) is 65.9 Å². The van der Waals surface area contributed by atoms with Gasteiger partial charge in [-0.05, 0) is 73.4 Å². The van der Waals surface area contributed by atoms with Gasteiger partial charge in [-0.1, -0.05) is 30.3 Å². The summed E-state index contributed by atoms with van der Waals surface area (Å²) >= 11 is 0. The number of nitrogens with zero attached hydrogens (tertiary/aromatic N) is 1. The fourth-order valence-corrected chi connectivity index (χ4v) is 5.98. The van der Waals surface area contributed by atoms with Crippen LogP contribution >= 0.6 is 24.8 Å². The Morgan fingerprint density at radius 1 is 1.14 bits per heavy atom. The van der Waals surface area contributed by atoms with E-state index in [0.717, 1.165) is 61.5 Å². The van der Waals surface area contributed by atoms with Gasteiger partial charge in [-0.25, -0.2) is 0 Å². The Labute approximate surface area is 232 Å². The molecule has 6 nitrogen and oxygen atoms in total. The van der Waals surface area contributed by atoms with Gasteiger partial charge in [0, 0.05) is 55.7 Å². The first kappa shape index (κ1) is 29.3. The summed E-state index contributed by atoms with van der Waals surface area (Å²) in [6.45, 7) is 5.16. The number of carbonyl (C=O) groups excluding carboxylic acids is 1. The van der Waals surface area contributed by atoms with E-state index in [1.54, 1.807) is 7.11 Å². The van der Waals surface area contributed by atoms with Crippen molar-refractivity contribution in [1.82, 2.24) is 20.5 Å². The van der Waals surface area contributed by atoms with Crippen LogP contribution in [0.4, 0.5) is 0 Å². The lowest BCUT2D eigenvalue weighted by Crippen LogP contribution is -2.55. The normalized spacial score (nSPS) is 21.1. The Balaban J connectivity index is 0.00000190. The van der Waals surface area contributed by atoms with Crippen molar-refractivity contribution in [1.29, 1.82) is 0 Å². The molecule has 5 rings (SSSR count). The first-order chi connectivity index (χ1) is 17.2. The lowest BCUT2D eigenvalue weighted by Gasteiger charge is -2.46. The van der Waals surface area contributed by atoms with Crippen molar-refractivity contribution in [3.8, 4) is 5.75 Å². The van der Waals surface area contributed by atoms with Gasteiger partial charge in [-0.2, -0.15) is 0 Å². The van der Waals surface area contributed by atoms with E-state index in [-0.39, 0.29) is 30.7 Å². The van der Waals surface area contributed by atoms with E-state index >= 15 is 0 Å². The van der Waals surface area contributed by atoms with E-state index in [1.165, 1.54) is 24.1 Å². The van der Waals surface area contributed by atoms with Crippen LogP contribution in [-0.2, 0) is 17.8 Å². The molecule has 3 aromatic rings. The minimum absolute atomic E-state index is 0. The lowest BCUT2D eigenvalue weighted by molar-refractivity contribution is -0.121. The fourth-order valence-electron chi connectivity index (χ4n) is 5.98. The molecule has 3 N–H and O–H groups in total. The second kappa shape index (κ2) is 14.1. The highest BCUT2D eigenvalue weighted by atomic mass is 35.5. The number of hydrogen-bond donors (Lipinski definition) is 3. The van der Waals surface area contributed by atoms with E-state index in [4.69, 9.17) is 4.74 Å². The molecule has 2 aromatic carbocycles. The van der Waals surface area contributed by atoms with Gasteiger partial charge < -0.3 is 20.4 Å². The van der Waals surface area contributed by atoms with Crippen LogP contribution in [0.5, 0.6) is 5.75 Å². The molecule has 202 valence electrons. The maximum absolute atomic E-state index is 12.5. The Kier molecular flexibility index (Phi) is 11.1. The average molecular weight is 548 g/mol. The summed E-state index contributed by atoms with van der Waals surface area (Å²) in [5.74, 6) is 2.45. The molecule has 8 heteroatoms. The van der Waals surface area contributed by atoms with Gasteiger partial charge in [0.25, 0.3) is 0 Å². The molecule has 0 saturated carbocycles. The number of methoxy groups -OCH3 is 1. The maximum atomic E-state index is 12.5. The molecule has 2 aliphatic heterocycles. The zero-order valence-electron chi connectivity index (χ0n) is 21.6. The number of rotatable bonds is 10. The zero-order valence-corrected chi connectivity index (χ0v) is 23.2. The Bertz CT molecular complexity index is 1120. The molecular formula is C29H40Cl2N4O2. The van der Waals surface area contributed by atoms with E-state index in [2.05, 4.69) is 56.9 Å². The van der Waals surface area contributed by atoms with Crippen LogP contribution in [0.1, 0.15) is 36.8 Å². The number of likely N-dealkylation sites (tertiary alicyclic amines) is 1. The summed E-state index contributed by atoms with van der Waals surface area (Å²) in [6.07, 6.45) is 6.78. The molecule has 0 aliphatic carbocycles. The van der Waals surface area contributed by atoms with E-state index in [9.17, 15) is 4.79 Å². The number of nitrogens with one attached hydrogen (secondary N) is 3. The lowest BCUT2D eigenvalue weighted by atomic mass is 9.79. The maximum Gasteiger partial charge on any atom is 0.220 e. The fraction of sp³-hybridized carbons (Fsp3) is 0.483. The Hall–Kier alpha value is -2.25. The van der Waals surface area contributed by atoms with Crippen molar-refractivity contribution < 1.29 is 9.53 Å². The van der Waals surface area contributed by atoms with Crippen molar-refractivity contribution in [3.63, 3.8) is 0 Å². The largest absolute Gasteiger partial charge is 0.497 e. The minimum Gasteiger partial charge on any atom is -0.497 e. The molecule has 2 bridgehead atoms. The van der Waals surface area contributed by atoms with Crippen LogP contribution in [-0.4, -0.2) is 55.1 Å². The first-order valence-electron chi connectivity index (χ1n) is 13.1. The number of benzene rings is 2. The molecule has 3 heterocycles. The third-order valence-corrected chi connectivity index (χ3v) is 7.74. The molecule has 2 saturated heterocycles. The van der Waals surface area contributed by atoms with Crippen molar-refractivity contribution in [2.45, 2.75) is 44.7 Å². The van der Waals surface area contributed by atoms with Crippen LogP contribution in [0.3, 0.4) is 0 Å². The van der Waals surface area contributed by atoms with Crippen LogP contribution in [0, 0.1) is 11.8 Å². The number of aromatic nitrogens is 1. The second-order valence-electron chi connectivity index (χ2n) is 10.3. The molecule has 2 unspecified atom stereocenters. The van der Waals surface area contributed by atoms with E-state index < -0.39 is 0 Å². The van der Waals surface area contributed by atoms with Crippen molar-refractivity contribution >= 4 is 41.6 Å². The molecular weight excluding hydrogens is 507 g/mol. The molecule has 1 aromatic heterocycles. The van der Waals surface area contributed by atoms with Gasteiger partial charge in [0.15, 0.2) is 0 Å². The number of carbonyl (C=O) groups is 1. The van der Waals surface area contributed by atoms with E-state index in [1.807, 2.05) is 18.3 Å². The predicted molar refractivity (Wildman–Crippen MR) is 155 cm³/mol. The van der Waals surface area contributed by atoms with E-state index in [0.29, 0.717) is 24.9 Å². The molecule has 2 aliphatic rings. The van der Waals surface area contributed by atoms with Gasteiger partial charge in [0.1, 0.15) is 5.75 Å². The standard InChI is InChI=1S/C29H38N4O2.2ClH/c1-35-25-10-11-28-26(15-25)23(17-32-28)12-13-30-29(34)9-5-8-27-24-14-22(16-31-27)19-33(20-24)18-21-6-3-2-4-7-21;;/h2-4,6-7,10-11,15,17,22,24,27,31-32H,5,8-9,12-14,16,18-20H2,1H3,(H,30,34);2*1H/t22?,24?,27-;;/m1../s1. The number of aromatic amines is 1. The van der Waals surface area contributed by atoms with Crippen molar-refractivity contribution in [2.75, 3.05) is 33.3 Å². The van der Waals surface area contributed by atoms with Crippen LogP contribution in [0.25, 0.3) is 10.9 Å². The van der Waals surface area contributed by atoms with Gasteiger partial charge >= 0.3 is 0 Å². The average Bonchev–Trinajstić information content (AvgIpc) is 3.28. The van der Waals surface area contributed by atoms with Gasteiger partial charge in [0.2, 0.25) is 5.91 Å². The predicted octanol–water partition coefficient (Wildman–Crippen LogP) is 4.96.